The summed E-state index contributed by atoms with van der Waals surface area (Å²) in [7, 11) is 0. The van der Waals surface area contributed by atoms with Crippen molar-refractivity contribution in [3.05, 3.63) is 76.0 Å². The van der Waals surface area contributed by atoms with Gasteiger partial charge in [0.25, 0.3) is 5.91 Å². The number of aromatic nitrogens is 4. The number of nitrogens with zero attached hydrogens (tertiary/aromatic N) is 4. The lowest BCUT2D eigenvalue weighted by Crippen LogP contribution is -2.27. The summed E-state index contributed by atoms with van der Waals surface area (Å²) in [6.45, 7) is 3.17. The molecule has 0 spiro atoms. The van der Waals surface area contributed by atoms with Gasteiger partial charge in [-0.2, -0.15) is 0 Å². The molecule has 4 heterocycles. The Morgan fingerprint density at radius 1 is 1.18 bits per heavy atom. The third-order valence-corrected chi connectivity index (χ3v) is 7.61. The van der Waals surface area contributed by atoms with Crippen LogP contribution in [0.4, 0.5) is 4.39 Å². The lowest BCUT2D eigenvalue weighted by Gasteiger charge is -2.18. The number of H-pyrrole nitrogens is 1. The monoisotopic (exact) mass is 462 g/mol. The smallest absolute Gasteiger partial charge is 0.271 e. The van der Waals surface area contributed by atoms with E-state index in [2.05, 4.69) is 36.2 Å². The number of carbonyl (C=O) groups excluding carboxylic acids is 1. The summed E-state index contributed by atoms with van der Waals surface area (Å²) in [5.74, 6) is 2.01. The molecule has 1 aliphatic heterocycles. The van der Waals surface area contributed by atoms with Gasteiger partial charge in [-0.25, -0.2) is 14.4 Å². The quantitative estimate of drug-likeness (QED) is 0.440. The number of imidazole rings is 1. The number of piperidine rings is 1. The van der Waals surface area contributed by atoms with Gasteiger partial charge in [0.05, 0.1) is 28.3 Å². The Morgan fingerprint density at radius 2 is 2.03 bits per heavy atom. The molecule has 1 aliphatic carbocycles. The lowest BCUT2D eigenvalue weighted by atomic mass is 10.2. The fourth-order valence-corrected chi connectivity index (χ4v) is 5.95. The first-order chi connectivity index (χ1) is 16.2. The average Bonchev–Trinajstić information content (AvgIpc) is 3.28. The van der Waals surface area contributed by atoms with Crippen molar-refractivity contribution >= 4 is 28.3 Å². The molecule has 33 heavy (non-hydrogen) atoms. The Hall–Kier alpha value is -3.17. The standard InChI is InChI=1S/C24H23FN6OS/c25-16-4-3-8-26-19(16)10-27-23(32)20-13-33-24(30-20)22-14-11-31(12-15(14)22)9-7-21-28-17-5-1-2-6-18(17)29-21/h1-6,8,13-15,22H,7,9-12H2,(H,27,32)(H,28,29)/t14-,15+,22?. The van der Waals surface area contributed by atoms with Crippen molar-refractivity contribution in [1.82, 2.24) is 30.2 Å². The molecular weight excluding hydrogens is 439 g/mol. The second-order valence-corrected chi connectivity index (χ2v) is 9.64. The molecule has 2 aliphatic rings. The first-order valence-corrected chi connectivity index (χ1v) is 12.0. The molecule has 2 N–H and O–H groups in total. The van der Waals surface area contributed by atoms with Gasteiger partial charge in [0.2, 0.25) is 0 Å². The van der Waals surface area contributed by atoms with Crippen LogP contribution in [0.1, 0.15) is 32.9 Å². The molecule has 7 nitrogen and oxygen atoms in total. The highest BCUT2D eigenvalue weighted by Crippen LogP contribution is 2.58. The first kappa shape index (κ1) is 20.4. The molecule has 9 heteroatoms. The second kappa shape index (κ2) is 8.31. The number of aromatic amines is 1. The van der Waals surface area contributed by atoms with Crippen molar-refractivity contribution in [3.63, 3.8) is 0 Å². The molecule has 6 rings (SSSR count). The highest BCUT2D eigenvalue weighted by molar-refractivity contribution is 7.10. The Kier molecular flexibility index (Phi) is 5.15. The molecular formula is C24H23FN6OS. The van der Waals surface area contributed by atoms with Crippen LogP contribution >= 0.6 is 11.3 Å². The summed E-state index contributed by atoms with van der Waals surface area (Å²) in [5, 5.41) is 5.55. The van der Waals surface area contributed by atoms with Crippen molar-refractivity contribution in [2.45, 2.75) is 18.9 Å². The van der Waals surface area contributed by atoms with Crippen LogP contribution in [-0.4, -0.2) is 50.4 Å². The van der Waals surface area contributed by atoms with Crippen LogP contribution in [0.5, 0.6) is 0 Å². The highest BCUT2D eigenvalue weighted by atomic mass is 32.1. The Bertz CT molecular complexity index is 1270. The number of rotatable bonds is 7. The number of pyridine rings is 1. The van der Waals surface area contributed by atoms with Crippen LogP contribution in [0.25, 0.3) is 11.0 Å². The molecule has 0 radical (unpaired) electrons. The maximum Gasteiger partial charge on any atom is 0.271 e. The van der Waals surface area contributed by atoms with Gasteiger partial charge in [0.15, 0.2) is 0 Å². The van der Waals surface area contributed by atoms with Gasteiger partial charge in [-0.05, 0) is 36.1 Å². The van der Waals surface area contributed by atoms with Crippen molar-refractivity contribution < 1.29 is 9.18 Å². The van der Waals surface area contributed by atoms with E-state index in [1.807, 2.05) is 18.2 Å². The highest BCUT2D eigenvalue weighted by Gasteiger charge is 2.57. The molecule has 2 fully saturated rings. The molecule has 3 atom stereocenters. The second-order valence-electron chi connectivity index (χ2n) is 8.75. The Labute approximate surface area is 194 Å². The zero-order valence-electron chi connectivity index (χ0n) is 17.9. The number of hydrogen-bond donors (Lipinski definition) is 2. The van der Waals surface area contributed by atoms with E-state index < -0.39 is 5.82 Å². The van der Waals surface area contributed by atoms with Crippen molar-refractivity contribution in [2.24, 2.45) is 11.8 Å². The normalized spacial score (nSPS) is 21.9. The number of benzene rings is 1. The Balaban J connectivity index is 1.00. The van der Waals surface area contributed by atoms with Gasteiger partial charge in [0.1, 0.15) is 17.3 Å². The van der Waals surface area contributed by atoms with E-state index in [9.17, 15) is 9.18 Å². The topological polar surface area (TPSA) is 86.8 Å². The number of thiazole rings is 1. The van der Waals surface area contributed by atoms with Crippen LogP contribution < -0.4 is 5.32 Å². The van der Waals surface area contributed by atoms with E-state index >= 15 is 0 Å². The molecule has 3 aromatic heterocycles. The minimum Gasteiger partial charge on any atom is -0.345 e. The molecule has 1 unspecified atom stereocenters. The van der Waals surface area contributed by atoms with Gasteiger partial charge in [0, 0.05) is 43.5 Å². The molecule has 1 saturated heterocycles. The summed E-state index contributed by atoms with van der Waals surface area (Å²) in [6.07, 6.45) is 2.43. The van der Waals surface area contributed by atoms with Crippen molar-refractivity contribution in [1.29, 1.82) is 0 Å². The molecule has 4 aromatic rings. The molecule has 0 bridgehead atoms. The zero-order valence-corrected chi connectivity index (χ0v) is 18.7. The number of nitrogens with one attached hydrogen (secondary N) is 2. The first-order valence-electron chi connectivity index (χ1n) is 11.1. The van der Waals surface area contributed by atoms with Crippen LogP contribution in [-0.2, 0) is 13.0 Å². The minimum atomic E-state index is -0.424. The van der Waals surface area contributed by atoms with Crippen LogP contribution in [0.2, 0.25) is 0 Å². The number of likely N-dealkylation sites (tertiary alicyclic amines) is 1. The van der Waals surface area contributed by atoms with Crippen molar-refractivity contribution in [3.8, 4) is 0 Å². The van der Waals surface area contributed by atoms with Gasteiger partial charge in [-0.3, -0.25) is 9.78 Å². The van der Waals surface area contributed by atoms with E-state index in [1.165, 1.54) is 18.3 Å². The van der Waals surface area contributed by atoms with Crippen LogP contribution in [0, 0.1) is 17.7 Å². The van der Waals surface area contributed by atoms with Gasteiger partial charge >= 0.3 is 0 Å². The van der Waals surface area contributed by atoms with Gasteiger partial charge in [-0.1, -0.05) is 12.1 Å². The van der Waals surface area contributed by atoms with Crippen LogP contribution in [0.15, 0.2) is 48.0 Å². The number of amides is 1. The Morgan fingerprint density at radius 3 is 2.85 bits per heavy atom. The largest absolute Gasteiger partial charge is 0.345 e. The van der Waals surface area contributed by atoms with Gasteiger partial charge in [-0.15, -0.1) is 11.3 Å². The minimum absolute atomic E-state index is 0.0488. The van der Waals surface area contributed by atoms with E-state index in [0.29, 0.717) is 23.4 Å². The maximum absolute atomic E-state index is 13.7. The molecule has 168 valence electrons. The summed E-state index contributed by atoms with van der Waals surface area (Å²) >= 11 is 1.55. The van der Waals surface area contributed by atoms with E-state index in [4.69, 9.17) is 0 Å². The van der Waals surface area contributed by atoms with E-state index in [1.54, 1.807) is 16.7 Å². The number of para-hydroxylation sites is 2. The number of halogens is 1. The summed E-state index contributed by atoms with van der Waals surface area (Å²) in [5.41, 5.74) is 2.73. The number of carbonyl (C=O) groups is 1. The summed E-state index contributed by atoms with van der Waals surface area (Å²) in [6, 6.07) is 11.0. The van der Waals surface area contributed by atoms with Crippen LogP contribution in [0.3, 0.4) is 0 Å². The molecule has 1 saturated carbocycles. The zero-order chi connectivity index (χ0) is 22.4. The molecule has 1 aromatic carbocycles. The predicted molar refractivity (Wildman–Crippen MR) is 123 cm³/mol. The van der Waals surface area contributed by atoms with E-state index in [0.717, 1.165) is 47.9 Å². The molecule has 1 amide bonds. The van der Waals surface area contributed by atoms with Gasteiger partial charge < -0.3 is 15.2 Å². The third-order valence-electron chi connectivity index (χ3n) is 6.66. The third kappa shape index (κ3) is 4.02. The maximum atomic E-state index is 13.7. The summed E-state index contributed by atoms with van der Waals surface area (Å²) in [4.78, 5) is 31.6. The number of hydrogen-bond acceptors (Lipinski definition) is 6. The predicted octanol–water partition coefficient (Wildman–Crippen LogP) is 3.37. The fraction of sp³-hybridized carbons (Fsp3) is 0.333. The van der Waals surface area contributed by atoms with Crippen molar-refractivity contribution in [2.75, 3.05) is 19.6 Å². The summed E-state index contributed by atoms with van der Waals surface area (Å²) < 4.78 is 13.7. The SMILES string of the molecule is O=C(NCc1ncccc1F)c1csc(C2[C@H]3CN(CCc4nc5ccccc5[nH]4)C[C@@H]23)n1. The number of fused-ring (bicyclic) bond motifs is 2. The lowest BCUT2D eigenvalue weighted by molar-refractivity contribution is 0.0945. The average molecular weight is 463 g/mol. The van der Waals surface area contributed by atoms with E-state index in [-0.39, 0.29) is 18.1 Å². The fourth-order valence-electron chi connectivity index (χ4n) is 4.90.